The lowest BCUT2D eigenvalue weighted by Gasteiger charge is -2.12. The number of aromatic nitrogens is 3. The van der Waals surface area contributed by atoms with Crippen molar-refractivity contribution in [2.24, 2.45) is 7.05 Å². The standard InChI is InChI=1S/C17H15F3N4O2/c1-24-8-6-12-13(16(24)26)15(21-7-9-25)23-22-14(12)10-2-4-11(5-3-10)17(18,19)20/h2-6,8,25H,7,9H2,1H3,(H,21,23). The van der Waals surface area contributed by atoms with Crippen LogP contribution >= 0.6 is 0 Å². The molecule has 1 aromatic carbocycles. The summed E-state index contributed by atoms with van der Waals surface area (Å²) in [6.07, 6.45) is -2.88. The van der Waals surface area contributed by atoms with E-state index >= 15 is 0 Å². The number of alkyl halides is 3. The van der Waals surface area contributed by atoms with Crippen LogP contribution in [0.3, 0.4) is 0 Å². The summed E-state index contributed by atoms with van der Waals surface area (Å²) in [5, 5.41) is 20.6. The summed E-state index contributed by atoms with van der Waals surface area (Å²) in [5.41, 5.74) is -0.375. The van der Waals surface area contributed by atoms with Crippen molar-refractivity contribution in [1.29, 1.82) is 0 Å². The van der Waals surface area contributed by atoms with E-state index in [0.29, 0.717) is 16.6 Å². The van der Waals surface area contributed by atoms with Gasteiger partial charge in [-0.1, -0.05) is 12.1 Å². The third-order valence-corrected chi connectivity index (χ3v) is 3.90. The Morgan fingerprint density at radius 2 is 1.85 bits per heavy atom. The number of pyridine rings is 1. The van der Waals surface area contributed by atoms with E-state index in [1.807, 2.05) is 0 Å². The van der Waals surface area contributed by atoms with Gasteiger partial charge in [0.15, 0.2) is 5.82 Å². The predicted molar refractivity (Wildman–Crippen MR) is 90.8 cm³/mol. The molecule has 0 aliphatic carbocycles. The minimum absolute atomic E-state index is 0.156. The van der Waals surface area contributed by atoms with Crippen LogP contribution in [0.4, 0.5) is 19.0 Å². The number of hydrogen-bond donors (Lipinski definition) is 2. The SMILES string of the molecule is Cn1ccc2c(-c3ccc(C(F)(F)F)cc3)nnc(NCCO)c2c1=O. The van der Waals surface area contributed by atoms with Gasteiger partial charge in [0.05, 0.1) is 17.6 Å². The van der Waals surface area contributed by atoms with Gasteiger partial charge in [-0.3, -0.25) is 4.79 Å². The van der Waals surface area contributed by atoms with E-state index in [9.17, 15) is 18.0 Å². The first-order chi connectivity index (χ1) is 12.3. The van der Waals surface area contributed by atoms with Gasteiger partial charge in [-0.25, -0.2) is 0 Å². The van der Waals surface area contributed by atoms with Crippen molar-refractivity contribution >= 4 is 16.6 Å². The highest BCUT2D eigenvalue weighted by molar-refractivity contribution is 5.99. The number of aliphatic hydroxyl groups excluding tert-OH is 1. The van der Waals surface area contributed by atoms with Crippen LogP contribution in [0.5, 0.6) is 0 Å². The molecule has 0 saturated carbocycles. The Hall–Kier alpha value is -2.94. The van der Waals surface area contributed by atoms with E-state index in [2.05, 4.69) is 15.5 Å². The van der Waals surface area contributed by atoms with Crippen LogP contribution in [0.25, 0.3) is 22.0 Å². The van der Waals surface area contributed by atoms with Gasteiger partial charge in [-0.2, -0.15) is 13.2 Å². The maximum Gasteiger partial charge on any atom is 0.416 e. The van der Waals surface area contributed by atoms with E-state index in [1.54, 1.807) is 19.3 Å². The molecule has 0 bridgehead atoms. The molecule has 2 N–H and O–H groups in total. The lowest BCUT2D eigenvalue weighted by atomic mass is 10.0. The van der Waals surface area contributed by atoms with E-state index in [1.165, 1.54) is 16.7 Å². The third kappa shape index (κ3) is 3.25. The highest BCUT2D eigenvalue weighted by Gasteiger charge is 2.30. The first kappa shape index (κ1) is 17.9. The Morgan fingerprint density at radius 1 is 1.15 bits per heavy atom. The van der Waals surface area contributed by atoms with Crippen molar-refractivity contribution in [3.63, 3.8) is 0 Å². The van der Waals surface area contributed by atoms with Crippen LogP contribution in [0, 0.1) is 0 Å². The number of halogens is 3. The quantitative estimate of drug-likeness (QED) is 0.743. The van der Waals surface area contributed by atoms with Crippen molar-refractivity contribution in [2.45, 2.75) is 6.18 Å². The number of nitrogens with zero attached hydrogens (tertiary/aromatic N) is 3. The molecule has 0 amide bonds. The van der Waals surface area contributed by atoms with Crippen LogP contribution in [-0.4, -0.2) is 33.0 Å². The molecular weight excluding hydrogens is 349 g/mol. The molecule has 3 aromatic rings. The summed E-state index contributed by atoms with van der Waals surface area (Å²) in [7, 11) is 1.58. The molecule has 0 aliphatic rings. The van der Waals surface area contributed by atoms with Crippen LogP contribution < -0.4 is 10.9 Å². The van der Waals surface area contributed by atoms with Crippen molar-refractivity contribution in [3.8, 4) is 11.3 Å². The number of rotatable bonds is 4. The van der Waals surface area contributed by atoms with Gasteiger partial charge < -0.3 is 15.0 Å². The van der Waals surface area contributed by atoms with Gasteiger partial charge in [0.25, 0.3) is 5.56 Å². The molecule has 9 heteroatoms. The Bertz CT molecular complexity index is 998. The lowest BCUT2D eigenvalue weighted by Crippen LogP contribution is -2.19. The Balaban J connectivity index is 2.19. The summed E-state index contributed by atoms with van der Waals surface area (Å²) in [5.74, 6) is 0.214. The highest BCUT2D eigenvalue weighted by Crippen LogP contribution is 2.32. The van der Waals surface area contributed by atoms with Crippen molar-refractivity contribution in [2.75, 3.05) is 18.5 Å². The minimum atomic E-state index is -4.43. The maximum absolute atomic E-state index is 12.7. The molecule has 6 nitrogen and oxygen atoms in total. The predicted octanol–water partition coefficient (Wildman–Crippen LogP) is 2.42. The fraction of sp³-hybridized carbons (Fsp3) is 0.235. The number of benzene rings is 1. The number of anilines is 1. The summed E-state index contributed by atoms with van der Waals surface area (Å²) in [4.78, 5) is 12.5. The zero-order valence-corrected chi connectivity index (χ0v) is 13.7. The van der Waals surface area contributed by atoms with Crippen LogP contribution in [-0.2, 0) is 13.2 Å². The van der Waals surface area contributed by atoms with Crippen LogP contribution in [0.1, 0.15) is 5.56 Å². The fourth-order valence-electron chi connectivity index (χ4n) is 2.59. The lowest BCUT2D eigenvalue weighted by molar-refractivity contribution is -0.137. The summed E-state index contributed by atoms with van der Waals surface area (Å²) < 4.78 is 39.6. The fourth-order valence-corrected chi connectivity index (χ4v) is 2.59. The zero-order valence-electron chi connectivity index (χ0n) is 13.7. The molecule has 2 heterocycles. The summed E-state index contributed by atoms with van der Waals surface area (Å²) >= 11 is 0. The Labute approximate surface area is 145 Å². The average Bonchev–Trinajstić information content (AvgIpc) is 2.62. The van der Waals surface area contributed by atoms with Gasteiger partial charge in [-0.15, -0.1) is 10.2 Å². The Kier molecular flexibility index (Phi) is 4.64. The molecule has 0 spiro atoms. The molecule has 26 heavy (non-hydrogen) atoms. The summed E-state index contributed by atoms with van der Waals surface area (Å²) in [6, 6.07) is 6.17. The number of fused-ring (bicyclic) bond motifs is 1. The van der Waals surface area contributed by atoms with E-state index in [0.717, 1.165) is 12.1 Å². The normalized spacial score (nSPS) is 11.7. The largest absolute Gasteiger partial charge is 0.416 e. The first-order valence-electron chi connectivity index (χ1n) is 7.71. The van der Waals surface area contributed by atoms with Gasteiger partial charge >= 0.3 is 6.18 Å². The molecule has 3 rings (SSSR count). The van der Waals surface area contributed by atoms with E-state index < -0.39 is 11.7 Å². The van der Waals surface area contributed by atoms with Crippen molar-refractivity contribution in [3.05, 3.63) is 52.4 Å². The second-order valence-corrected chi connectivity index (χ2v) is 5.64. The van der Waals surface area contributed by atoms with Crippen LogP contribution in [0.15, 0.2) is 41.3 Å². The van der Waals surface area contributed by atoms with Gasteiger partial charge in [-0.05, 0) is 18.2 Å². The molecule has 136 valence electrons. The molecule has 0 unspecified atom stereocenters. The second-order valence-electron chi connectivity index (χ2n) is 5.64. The average molecular weight is 364 g/mol. The number of aliphatic hydroxyl groups is 1. The number of aryl methyl sites for hydroxylation is 1. The minimum Gasteiger partial charge on any atom is -0.395 e. The van der Waals surface area contributed by atoms with Crippen molar-refractivity contribution < 1.29 is 18.3 Å². The molecule has 2 aromatic heterocycles. The third-order valence-electron chi connectivity index (χ3n) is 3.90. The smallest absolute Gasteiger partial charge is 0.395 e. The zero-order chi connectivity index (χ0) is 18.9. The topological polar surface area (TPSA) is 80.0 Å². The highest BCUT2D eigenvalue weighted by atomic mass is 19.4. The van der Waals surface area contributed by atoms with E-state index in [-0.39, 0.29) is 29.9 Å². The molecule has 0 aliphatic heterocycles. The van der Waals surface area contributed by atoms with Crippen molar-refractivity contribution in [1.82, 2.24) is 14.8 Å². The molecule has 0 atom stereocenters. The maximum atomic E-state index is 12.7. The second kappa shape index (κ2) is 6.75. The number of nitrogens with one attached hydrogen (secondary N) is 1. The first-order valence-corrected chi connectivity index (χ1v) is 7.71. The van der Waals surface area contributed by atoms with Gasteiger partial charge in [0.1, 0.15) is 5.69 Å². The molecule has 0 radical (unpaired) electrons. The number of hydrogen-bond acceptors (Lipinski definition) is 5. The molecular formula is C17H15F3N4O2. The monoisotopic (exact) mass is 364 g/mol. The van der Waals surface area contributed by atoms with Crippen LogP contribution in [0.2, 0.25) is 0 Å². The Morgan fingerprint density at radius 3 is 2.46 bits per heavy atom. The summed E-state index contributed by atoms with van der Waals surface area (Å²) in [6.45, 7) is 0.0262. The van der Waals surface area contributed by atoms with E-state index in [4.69, 9.17) is 5.11 Å². The molecule has 0 saturated heterocycles. The molecule has 0 fully saturated rings. The van der Waals surface area contributed by atoms with Gasteiger partial charge in [0.2, 0.25) is 0 Å². The van der Waals surface area contributed by atoms with Gasteiger partial charge in [0, 0.05) is 30.7 Å².